The third-order valence-electron chi connectivity index (χ3n) is 3.99. The summed E-state index contributed by atoms with van der Waals surface area (Å²) in [5.41, 5.74) is 2.64. The molecular formula is C14H23ClN2S. The first-order chi connectivity index (χ1) is 8.39. The number of hydrogen-bond donors (Lipinski definition) is 0. The molecule has 1 aromatic heterocycles. The van der Waals surface area contributed by atoms with Crippen LogP contribution in [0.3, 0.4) is 0 Å². The maximum absolute atomic E-state index is 6.64. The second-order valence-corrected chi connectivity index (χ2v) is 7.35. The summed E-state index contributed by atoms with van der Waals surface area (Å²) < 4.78 is 4.33. The summed E-state index contributed by atoms with van der Waals surface area (Å²) in [7, 11) is 0. The fraction of sp³-hybridized carbons (Fsp3) is 0.786. The molecule has 0 spiro atoms. The van der Waals surface area contributed by atoms with E-state index in [0.717, 1.165) is 18.8 Å². The summed E-state index contributed by atoms with van der Waals surface area (Å²) in [5, 5.41) is 2.26. The molecule has 0 N–H and O–H groups in total. The van der Waals surface area contributed by atoms with Crippen LogP contribution in [0.5, 0.6) is 0 Å². The maximum atomic E-state index is 6.64. The van der Waals surface area contributed by atoms with E-state index in [4.69, 9.17) is 11.6 Å². The third kappa shape index (κ3) is 3.06. The van der Waals surface area contributed by atoms with E-state index in [0.29, 0.717) is 5.92 Å². The normalized spacial score (nSPS) is 21.2. The second kappa shape index (κ2) is 5.48. The van der Waals surface area contributed by atoms with Gasteiger partial charge in [0, 0.05) is 16.5 Å². The van der Waals surface area contributed by atoms with Crippen molar-refractivity contribution in [3.63, 3.8) is 0 Å². The molecule has 0 bridgehead atoms. The van der Waals surface area contributed by atoms with Gasteiger partial charge in [0.2, 0.25) is 0 Å². The largest absolute Gasteiger partial charge is 0.298 e. The van der Waals surface area contributed by atoms with Gasteiger partial charge in [0.25, 0.3) is 0 Å². The molecule has 2 nitrogen and oxygen atoms in total. The summed E-state index contributed by atoms with van der Waals surface area (Å²) >= 11 is 8.16. The van der Waals surface area contributed by atoms with Gasteiger partial charge in [-0.15, -0.1) is 11.6 Å². The van der Waals surface area contributed by atoms with Crippen molar-refractivity contribution >= 4 is 23.1 Å². The summed E-state index contributed by atoms with van der Waals surface area (Å²) in [4.78, 5) is 2.56. The highest BCUT2D eigenvalue weighted by Gasteiger charge is 2.31. The molecule has 1 aromatic rings. The van der Waals surface area contributed by atoms with Crippen LogP contribution in [0, 0.1) is 12.8 Å². The minimum Gasteiger partial charge on any atom is -0.298 e. The van der Waals surface area contributed by atoms with E-state index >= 15 is 0 Å². The van der Waals surface area contributed by atoms with Crippen LogP contribution in [0.2, 0.25) is 0 Å². The zero-order valence-electron chi connectivity index (χ0n) is 11.7. The topological polar surface area (TPSA) is 16.1 Å². The molecule has 2 rings (SSSR count). The Hall–Kier alpha value is -0.120. The second-order valence-electron chi connectivity index (χ2n) is 6.25. The zero-order chi connectivity index (χ0) is 13.3. The van der Waals surface area contributed by atoms with E-state index < -0.39 is 0 Å². The van der Waals surface area contributed by atoms with Gasteiger partial charge in [-0.3, -0.25) is 4.90 Å². The minimum atomic E-state index is 0.144. The van der Waals surface area contributed by atoms with Crippen LogP contribution in [-0.2, 0) is 0 Å². The first-order valence-corrected chi connectivity index (χ1v) is 7.97. The molecule has 1 aliphatic heterocycles. The van der Waals surface area contributed by atoms with Gasteiger partial charge in [-0.05, 0) is 71.1 Å². The lowest BCUT2D eigenvalue weighted by Crippen LogP contribution is -2.46. The highest BCUT2D eigenvalue weighted by molar-refractivity contribution is 7.03. The van der Waals surface area contributed by atoms with Crippen molar-refractivity contribution in [2.75, 3.05) is 13.1 Å². The SMILES string of the molecule is Cc1nscc1C(Cl)C1CCN(C(C)(C)C)CC1. The molecule has 4 heteroatoms. The van der Waals surface area contributed by atoms with Crippen LogP contribution in [0.1, 0.15) is 50.2 Å². The lowest BCUT2D eigenvalue weighted by Gasteiger charge is -2.41. The van der Waals surface area contributed by atoms with Crippen molar-refractivity contribution in [3.8, 4) is 0 Å². The van der Waals surface area contributed by atoms with E-state index in [1.165, 1.54) is 29.9 Å². The van der Waals surface area contributed by atoms with Gasteiger partial charge in [0.1, 0.15) is 0 Å². The Labute approximate surface area is 120 Å². The molecular weight excluding hydrogens is 264 g/mol. The van der Waals surface area contributed by atoms with E-state index in [2.05, 4.69) is 42.3 Å². The van der Waals surface area contributed by atoms with Gasteiger partial charge < -0.3 is 0 Å². The zero-order valence-corrected chi connectivity index (χ0v) is 13.3. The van der Waals surface area contributed by atoms with Gasteiger partial charge in [-0.2, -0.15) is 4.37 Å². The van der Waals surface area contributed by atoms with Crippen LogP contribution in [0.4, 0.5) is 0 Å². The first kappa shape index (κ1) is 14.3. The predicted molar refractivity (Wildman–Crippen MR) is 79.5 cm³/mol. The molecule has 102 valence electrons. The average molecular weight is 287 g/mol. The predicted octanol–water partition coefficient (Wildman–Crippen LogP) is 4.24. The molecule has 0 radical (unpaired) electrons. The maximum Gasteiger partial charge on any atom is 0.0641 e. The molecule has 0 saturated carbocycles. The number of hydrogen-bond acceptors (Lipinski definition) is 3. The first-order valence-electron chi connectivity index (χ1n) is 6.69. The number of rotatable bonds is 2. The van der Waals surface area contributed by atoms with E-state index in [1.54, 1.807) is 0 Å². The van der Waals surface area contributed by atoms with Crippen molar-refractivity contribution in [2.24, 2.45) is 5.92 Å². The standard InChI is InChI=1S/C14H23ClN2S/c1-10-12(9-18-16-10)13(15)11-5-7-17(8-6-11)14(2,3)4/h9,11,13H,5-8H2,1-4H3. The molecule has 1 fully saturated rings. The number of alkyl halides is 1. The molecule has 1 atom stereocenters. The smallest absolute Gasteiger partial charge is 0.0641 e. The Kier molecular flexibility index (Phi) is 4.35. The Morgan fingerprint density at radius 1 is 1.39 bits per heavy atom. The lowest BCUT2D eigenvalue weighted by atomic mass is 9.88. The van der Waals surface area contributed by atoms with Gasteiger partial charge in [-0.25, -0.2) is 0 Å². The molecule has 0 aromatic carbocycles. The number of likely N-dealkylation sites (tertiary alicyclic amines) is 1. The van der Waals surface area contributed by atoms with Crippen LogP contribution in [0.25, 0.3) is 0 Å². The summed E-state index contributed by atoms with van der Waals surface area (Å²) in [6.07, 6.45) is 2.39. The molecule has 0 aliphatic carbocycles. The fourth-order valence-electron chi connectivity index (χ4n) is 2.68. The van der Waals surface area contributed by atoms with Crippen molar-refractivity contribution in [1.82, 2.24) is 9.27 Å². The Morgan fingerprint density at radius 2 is 2.00 bits per heavy atom. The fourth-order valence-corrected chi connectivity index (χ4v) is 3.98. The van der Waals surface area contributed by atoms with Gasteiger partial charge in [0.15, 0.2) is 0 Å². The van der Waals surface area contributed by atoms with Gasteiger partial charge in [-0.1, -0.05) is 0 Å². The number of aryl methyl sites for hydroxylation is 1. The highest BCUT2D eigenvalue weighted by Crippen LogP contribution is 2.38. The van der Waals surface area contributed by atoms with Crippen LogP contribution >= 0.6 is 23.1 Å². The van der Waals surface area contributed by atoms with Crippen LogP contribution in [-0.4, -0.2) is 27.9 Å². The monoisotopic (exact) mass is 286 g/mol. The number of halogens is 1. The Balaban J connectivity index is 1.96. The number of nitrogens with zero attached hydrogens (tertiary/aromatic N) is 2. The Bertz CT molecular complexity index is 389. The third-order valence-corrected chi connectivity index (χ3v) is 5.32. The molecule has 18 heavy (non-hydrogen) atoms. The van der Waals surface area contributed by atoms with E-state index in [9.17, 15) is 0 Å². The number of piperidine rings is 1. The summed E-state index contributed by atoms with van der Waals surface area (Å²) in [5.74, 6) is 0.598. The van der Waals surface area contributed by atoms with E-state index in [-0.39, 0.29) is 10.9 Å². The Morgan fingerprint density at radius 3 is 2.44 bits per heavy atom. The summed E-state index contributed by atoms with van der Waals surface area (Å²) in [6, 6.07) is 0. The quantitative estimate of drug-likeness (QED) is 0.756. The van der Waals surface area contributed by atoms with Gasteiger partial charge in [0.05, 0.1) is 11.1 Å². The number of aromatic nitrogens is 1. The van der Waals surface area contributed by atoms with Crippen molar-refractivity contribution in [3.05, 3.63) is 16.6 Å². The van der Waals surface area contributed by atoms with Crippen molar-refractivity contribution < 1.29 is 0 Å². The molecule has 1 unspecified atom stereocenters. The van der Waals surface area contributed by atoms with Crippen molar-refractivity contribution in [2.45, 2.75) is 51.5 Å². The van der Waals surface area contributed by atoms with Crippen LogP contribution < -0.4 is 0 Å². The summed E-state index contributed by atoms with van der Waals surface area (Å²) in [6.45, 7) is 11.3. The van der Waals surface area contributed by atoms with Gasteiger partial charge >= 0.3 is 0 Å². The molecule has 1 saturated heterocycles. The molecule has 1 aliphatic rings. The molecule has 0 amide bonds. The van der Waals surface area contributed by atoms with Crippen molar-refractivity contribution in [1.29, 1.82) is 0 Å². The highest BCUT2D eigenvalue weighted by atomic mass is 35.5. The molecule has 2 heterocycles. The lowest BCUT2D eigenvalue weighted by molar-refractivity contribution is 0.0863. The van der Waals surface area contributed by atoms with E-state index in [1.807, 2.05) is 0 Å². The minimum absolute atomic E-state index is 0.144. The van der Waals surface area contributed by atoms with Crippen LogP contribution in [0.15, 0.2) is 5.38 Å². The average Bonchev–Trinajstić information content (AvgIpc) is 2.73.